The van der Waals surface area contributed by atoms with Crippen LogP contribution in [0.15, 0.2) is 42.5 Å². The number of halogens is 1. The van der Waals surface area contributed by atoms with Crippen LogP contribution in [0.1, 0.15) is 11.1 Å². The molecule has 92 valence electrons. The molecule has 0 aromatic heterocycles. The minimum Gasteiger partial charge on any atom is -0.392 e. The highest BCUT2D eigenvalue weighted by Crippen LogP contribution is 2.38. The number of hydrogen-bond acceptors (Lipinski definition) is 2. The lowest BCUT2D eigenvalue weighted by Crippen LogP contribution is -2.13. The number of aliphatic hydroxyl groups is 1. The highest BCUT2D eigenvalue weighted by atomic mass is 35.5. The molecule has 2 aromatic rings. The second-order valence-corrected chi connectivity index (χ2v) is 4.88. The van der Waals surface area contributed by atoms with E-state index in [2.05, 4.69) is 23.1 Å². The van der Waals surface area contributed by atoms with Gasteiger partial charge in [0, 0.05) is 12.2 Å². The third-order valence-corrected chi connectivity index (χ3v) is 3.68. The van der Waals surface area contributed by atoms with Crippen LogP contribution in [-0.4, -0.2) is 11.7 Å². The predicted octanol–water partition coefficient (Wildman–Crippen LogP) is 3.53. The maximum atomic E-state index is 9.10. The van der Waals surface area contributed by atoms with Crippen molar-refractivity contribution in [2.24, 2.45) is 0 Å². The second kappa shape index (κ2) is 4.63. The minimum absolute atomic E-state index is 0.0244. The van der Waals surface area contributed by atoms with Crippen LogP contribution in [0.5, 0.6) is 0 Å². The maximum Gasteiger partial charge on any atom is 0.0682 e. The fourth-order valence-corrected chi connectivity index (χ4v) is 2.76. The zero-order valence-electron chi connectivity index (χ0n) is 9.94. The van der Waals surface area contributed by atoms with E-state index in [4.69, 9.17) is 16.7 Å². The molecule has 1 heterocycles. The summed E-state index contributed by atoms with van der Waals surface area (Å²) in [5, 5.41) is 9.80. The molecule has 0 spiro atoms. The Labute approximate surface area is 111 Å². The number of benzene rings is 2. The summed E-state index contributed by atoms with van der Waals surface area (Å²) in [5.74, 6) is 0. The number of anilines is 2. The molecule has 0 aliphatic carbocycles. The van der Waals surface area contributed by atoms with Crippen molar-refractivity contribution in [3.05, 3.63) is 58.6 Å². The van der Waals surface area contributed by atoms with Gasteiger partial charge in [-0.25, -0.2) is 0 Å². The Kier molecular flexibility index (Phi) is 2.98. The van der Waals surface area contributed by atoms with Crippen molar-refractivity contribution in [2.75, 3.05) is 11.4 Å². The Hall–Kier alpha value is -1.51. The van der Waals surface area contributed by atoms with Crippen molar-refractivity contribution in [3.63, 3.8) is 0 Å². The first-order valence-corrected chi connectivity index (χ1v) is 6.42. The number of rotatable bonds is 2. The van der Waals surface area contributed by atoms with E-state index < -0.39 is 0 Å². The van der Waals surface area contributed by atoms with Crippen molar-refractivity contribution in [1.82, 2.24) is 0 Å². The lowest BCUT2D eigenvalue weighted by atomic mass is 10.1. The van der Waals surface area contributed by atoms with E-state index in [1.54, 1.807) is 0 Å². The van der Waals surface area contributed by atoms with Gasteiger partial charge in [0.15, 0.2) is 0 Å². The molecule has 18 heavy (non-hydrogen) atoms. The number of nitrogens with zero attached hydrogens (tertiary/aromatic N) is 1. The standard InChI is InChI=1S/C15H14ClNO/c16-13-9-11(10-18)5-6-15(13)17-8-7-12-3-1-2-4-14(12)17/h1-6,9,18H,7-8,10H2. The summed E-state index contributed by atoms with van der Waals surface area (Å²) in [5.41, 5.74) is 4.45. The summed E-state index contributed by atoms with van der Waals surface area (Å²) in [4.78, 5) is 2.23. The molecule has 1 N–H and O–H groups in total. The van der Waals surface area contributed by atoms with Crippen molar-refractivity contribution in [2.45, 2.75) is 13.0 Å². The van der Waals surface area contributed by atoms with Gasteiger partial charge in [0.1, 0.15) is 0 Å². The molecule has 0 amide bonds. The average molecular weight is 260 g/mol. The van der Waals surface area contributed by atoms with Crippen LogP contribution >= 0.6 is 11.6 Å². The molecule has 2 aromatic carbocycles. The molecule has 2 nitrogen and oxygen atoms in total. The molecule has 0 bridgehead atoms. The summed E-state index contributed by atoms with van der Waals surface area (Å²) in [7, 11) is 0. The van der Waals surface area contributed by atoms with E-state index in [1.165, 1.54) is 11.3 Å². The van der Waals surface area contributed by atoms with Crippen LogP contribution in [0.25, 0.3) is 0 Å². The Balaban J connectivity index is 2.02. The van der Waals surface area contributed by atoms with Crippen molar-refractivity contribution < 1.29 is 5.11 Å². The Morgan fingerprint density at radius 3 is 2.72 bits per heavy atom. The quantitative estimate of drug-likeness (QED) is 0.892. The fraction of sp³-hybridized carbons (Fsp3) is 0.200. The molecular weight excluding hydrogens is 246 g/mol. The van der Waals surface area contributed by atoms with Crippen molar-refractivity contribution in [1.29, 1.82) is 0 Å². The van der Waals surface area contributed by atoms with Gasteiger partial charge in [0.25, 0.3) is 0 Å². The lowest BCUT2D eigenvalue weighted by Gasteiger charge is -2.21. The molecule has 1 aliphatic heterocycles. The smallest absolute Gasteiger partial charge is 0.0682 e. The largest absolute Gasteiger partial charge is 0.392 e. The predicted molar refractivity (Wildman–Crippen MR) is 74.5 cm³/mol. The number of para-hydroxylation sites is 1. The highest BCUT2D eigenvalue weighted by Gasteiger charge is 2.21. The van der Waals surface area contributed by atoms with Gasteiger partial charge in [-0.3, -0.25) is 0 Å². The van der Waals surface area contributed by atoms with Crippen molar-refractivity contribution >= 4 is 23.0 Å². The summed E-state index contributed by atoms with van der Waals surface area (Å²) in [6.07, 6.45) is 1.05. The number of hydrogen-bond donors (Lipinski definition) is 1. The minimum atomic E-state index is 0.0244. The fourth-order valence-electron chi connectivity index (χ4n) is 2.46. The SMILES string of the molecule is OCc1ccc(N2CCc3ccccc32)c(Cl)c1. The molecule has 0 atom stereocenters. The van der Waals surface area contributed by atoms with Gasteiger partial charge >= 0.3 is 0 Å². The molecule has 0 radical (unpaired) electrons. The topological polar surface area (TPSA) is 23.5 Å². The molecule has 0 fully saturated rings. The van der Waals surface area contributed by atoms with Gasteiger partial charge in [-0.15, -0.1) is 0 Å². The van der Waals surface area contributed by atoms with Crippen LogP contribution in [0.2, 0.25) is 5.02 Å². The molecule has 0 saturated carbocycles. The zero-order chi connectivity index (χ0) is 12.5. The number of aliphatic hydroxyl groups excluding tert-OH is 1. The molecule has 0 saturated heterocycles. The van der Waals surface area contributed by atoms with Gasteiger partial charge in [0.05, 0.1) is 17.3 Å². The maximum absolute atomic E-state index is 9.10. The van der Waals surface area contributed by atoms with Gasteiger partial charge in [-0.2, -0.15) is 0 Å². The van der Waals surface area contributed by atoms with E-state index in [9.17, 15) is 0 Å². The number of fused-ring (bicyclic) bond motifs is 1. The van der Waals surface area contributed by atoms with E-state index in [0.29, 0.717) is 5.02 Å². The first kappa shape index (κ1) is 11.6. The molecule has 1 aliphatic rings. The summed E-state index contributed by atoms with van der Waals surface area (Å²) in [6.45, 7) is 0.980. The molecule has 3 heteroatoms. The highest BCUT2D eigenvalue weighted by molar-refractivity contribution is 6.33. The Morgan fingerprint density at radius 2 is 1.94 bits per heavy atom. The molecular formula is C15H14ClNO. The monoisotopic (exact) mass is 259 g/mol. The third kappa shape index (κ3) is 1.88. The summed E-state index contributed by atoms with van der Waals surface area (Å²) < 4.78 is 0. The Bertz CT molecular complexity index is 582. The van der Waals surface area contributed by atoms with E-state index in [-0.39, 0.29) is 6.61 Å². The van der Waals surface area contributed by atoms with Gasteiger partial charge in [0.2, 0.25) is 0 Å². The van der Waals surface area contributed by atoms with Crippen LogP contribution in [0.3, 0.4) is 0 Å². The van der Waals surface area contributed by atoms with Crippen LogP contribution in [0, 0.1) is 0 Å². The van der Waals surface area contributed by atoms with Gasteiger partial charge < -0.3 is 10.0 Å². The average Bonchev–Trinajstić information content (AvgIpc) is 2.82. The Morgan fingerprint density at radius 1 is 1.11 bits per heavy atom. The van der Waals surface area contributed by atoms with Crippen molar-refractivity contribution in [3.8, 4) is 0 Å². The van der Waals surface area contributed by atoms with E-state index in [0.717, 1.165) is 24.2 Å². The summed E-state index contributed by atoms with van der Waals surface area (Å²) >= 11 is 6.30. The third-order valence-electron chi connectivity index (χ3n) is 3.37. The first-order valence-electron chi connectivity index (χ1n) is 6.04. The van der Waals surface area contributed by atoms with E-state index >= 15 is 0 Å². The van der Waals surface area contributed by atoms with E-state index in [1.807, 2.05) is 24.3 Å². The lowest BCUT2D eigenvalue weighted by molar-refractivity contribution is 0.282. The van der Waals surface area contributed by atoms with Crippen LogP contribution in [0.4, 0.5) is 11.4 Å². The normalized spacial score (nSPS) is 13.8. The first-order chi connectivity index (χ1) is 8.79. The molecule has 3 rings (SSSR count). The van der Waals surface area contributed by atoms with Crippen LogP contribution in [-0.2, 0) is 13.0 Å². The zero-order valence-corrected chi connectivity index (χ0v) is 10.7. The second-order valence-electron chi connectivity index (χ2n) is 4.47. The van der Waals surface area contributed by atoms with Gasteiger partial charge in [-0.1, -0.05) is 35.9 Å². The van der Waals surface area contributed by atoms with Gasteiger partial charge in [-0.05, 0) is 35.7 Å². The van der Waals surface area contributed by atoms with Crippen LogP contribution < -0.4 is 4.90 Å². The molecule has 0 unspecified atom stereocenters. The summed E-state index contributed by atoms with van der Waals surface area (Å²) in [6, 6.07) is 14.1.